The summed E-state index contributed by atoms with van der Waals surface area (Å²) in [6.07, 6.45) is 7.61. The SMILES string of the molecule is CC(C)C(=O)N[C@@H](CC1=CC=CC1)C(=O)C(C)C. The maximum absolute atomic E-state index is 12.1. The molecule has 1 aliphatic rings. The average Bonchev–Trinajstić information content (AvgIpc) is 2.79. The van der Waals surface area contributed by atoms with Crippen LogP contribution in [0, 0.1) is 11.8 Å². The zero-order valence-corrected chi connectivity index (χ0v) is 11.7. The minimum atomic E-state index is -0.383. The first-order valence-electron chi connectivity index (χ1n) is 6.60. The van der Waals surface area contributed by atoms with E-state index in [-0.39, 0.29) is 29.6 Å². The monoisotopic (exact) mass is 249 g/mol. The Hall–Kier alpha value is -1.38. The molecule has 1 amide bonds. The largest absolute Gasteiger partial charge is 0.346 e. The van der Waals surface area contributed by atoms with E-state index in [1.807, 2.05) is 39.8 Å². The molecule has 0 bridgehead atoms. The van der Waals surface area contributed by atoms with Gasteiger partial charge in [-0.1, -0.05) is 51.5 Å². The highest BCUT2D eigenvalue weighted by molar-refractivity contribution is 5.90. The third-order valence-corrected chi connectivity index (χ3v) is 3.07. The van der Waals surface area contributed by atoms with E-state index < -0.39 is 0 Å². The molecule has 0 aliphatic heterocycles. The summed E-state index contributed by atoms with van der Waals surface area (Å²) in [6, 6.07) is -0.383. The first-order valence-corrected chi connectivity index (χ1v) is 6.60. The second-order valence-electron chi connectivity index (χ2n) is 5.43. The Balaban J connectivity index is 2.68. The maximum Gasteiger partial charge on any atom is 0.223 e. The number of hydrogen-bond donors (Lipinski definition) is 1. The van der Waals surface area contributed by atoms with E-state index in [2.05, 4.69) is 11.4 Å². The molecule has 1 aliphatic carbocycles. The van der Waals surface area contributed by atoms with E-state index in [0.717, 1.165) is 6.42 Å². The van der Waals surface area contributed by atoms with Crippen LogP contribution in [0.15, 0.2) is 23.8 Å². The predicted molar refractivity (Wildman–Crippen MR) is 73.1 cm³/mol. The molecule has 1 rings (SSSR count). The fourth-order valence-electron chi connectivity index (χ4n) is 1.87. The molecule has 0 fully saturated rings. The van der Waals surface area contributed by atoms with Gasteiger partial charge in [0.1, 0.15) is 0 Å². The van der Waals surface area contributed by atoms with Crippen LogP contribution >= 0.6 is 0 Å². The zero-order chi connectivity index (χ0) is 13.7. The molecule has 0 heterocycles. The summed E-state index contributed by atoms with van der Waals surface area (Å²) in [5, 5.41) is 2.87. The van der Waals surface area contributed by atoms with Crippen LogP contribution < -0.4 is 5.32 Å². The summed E-state index contributed by atoms with van der Waals surface area (Å²) in [5.41, 5.74) is 1.21. The van der Waals surface area contributed by atoms with Gasteiger partial charge in [-0.3, -0.25) is 9.59 Å². The molecule has 0 saturated heterocycles. The number of ketones is 1. The number of carbonyl (C=O) groups is 2. The number of allylic oxidation sites excluding steroid dienone is 3. The van der Waals surface area contributed by atoms with Crippen molar-refractivity contribution in [3.05, 3.63) is 23.8 Å². The van der Waals surface area contributed by atoms with Gasteiger partial charge in [-0.15, -0.1) is 0 Å². The fourth-order valence-corrected chi connectivity index (χ4v) is 1.87. The number of amides is 1. The third-order valence-electron chi connectivity index (χ3n) is 3.07. The highest BCUT2D eigenvalue weighted by Crippen LogP contribution is 2.18. The van der Waals surface area contributed by atoms with Crippen molar-refractivity contribution in [2.24, 2.45) is 11.8 Å². The Bertz CT molecular complexity index is 378. The second-order valence-corrected chi connectivity index (χ2v) is 5.43. The standard InChI is InChI=1S/C15H23NO2/c1-10(2)14(17)13(16-15(18)11(3)4)9-12-7-5-6-8-12/h5-7,10-11,13H,8-9H2,1-4H3,(H,16,18)/t13-/m0/s1. The molecular weight excluding hydrogens is 226 g/mol. The molecule has 100 valence electrons. The van der Waals surface area contributed by atoms with Crippen molar-refractivity contribution in [2.45, 2.75) is 46.6 Å². The van der Waals surface area contributed by atoms with E-state index in [4.69, 9.17) is 0 Å². The molecule has 0 aromatic carbocycles. The second kappa shape index (κ2) is 6.53. The van der Waals surface area contributed by atoms with Crippen molar-refractivity contribution in [2.75, 3.05) is 0 Å². The van der Waals surface area contributed by atoms with Crippen LogP contribution in [-0.4, -0.2) is 17.7 Å². The maximum atomic E-state index is 12.1. The van der Waals surface area contributed by atoms with Gasteiger partial charge in [-0.25, -0.2) is 0 Å². The predicted octanol–water partition coefficient (Wildman–Crippen LogP) is 2.63. The van der Waals surface area contributed by atoms with Crippen molar-refractivity contribution < 1.29 is 9.59 Å². The third kappa shape index (κ3) is 4.13. The fraction of sp³-hybridized carbons (Fsp3) is 0.600. The van der Waals surface area contributed by atoms with Crippen LogP contribution in [-0.2, 0) is 9.59 Å². The summed E-state index contributed by atoms with van der Waals surface area (Å²) in [7, 11) is 0. The lowest BCUT2D eigenvalue weighted by atomic mass is 9.94. The number of nitrogens with one attached hydrogen (secondary N) is 1. The Labute approximate surface area is 109 Å². The first kappa shape index (κ1) is 14.7. The first-order chi connectivity index (χ1) is 8.41. The van der Waals surface area contributed by atoms with Crippen molar-refractivity contribution >= 4 is 11.7 Å². The Morgan fingerprint density at radius 3 is 2.33 bits per heavy atom. The van der Waals surface area contributed by atoms with Gasteiger partial charge in [0.25, 0.3) is 0 Å². The molecule has 1 N–H and O–H groups in total. The van der Waals surface area contributed by atoms with Gasteiger partial charge in [0.15, 0.2) is 5.78 Å². The van der Waals surface area contributed by atoms with Crippen LogP contribution in [0.1, 0.15) is 40.5 Å². The van der Waals surface area contributed by atoms with Crippen molar-refractivity contribution in [3.63, 3.8) is 0 Å². The molecule has 1 atom stereocenters. The van der Waals surface area contributed by atoms with Crippen molar-refractivity contribution in [3.8, 4) is 0 Å². The lowest BCUT2D eigenvalue weighted by Gasteiger charge is -2.21. The number of Topliss-reactive ketones (excluding diaryl/α,β-unsaturated/α-hetero) is 1. The summed E-state index contributed by atoms with van der Waals surface area (Å²) < 4.78 is 0. The Kier molecular flexibility index (Phi) is 5.32. The Morgan fingerprint density at radius 1 is 1.22 bits per heavy atom. The summed E-state index contributed by atoms with van der Waals surface area (Å²) in [5.74, 6) is -0.0991. The quantitative estimate of drug-likeness (QED) is 0.786. The molecule has 0 aromatic heterocycles. The van der Waals surface area contributed by atoms with Gasteiger partial charge in [0, 0.05) is 11.8 Å². The number of hydrogen-bond acceptors (Lipinski definition) is 2. The van der Waals surface area contributed by atoms with Gasteiger partial charge < -0.3 is 5.32 Å². The van der Waals surface area contributed by atoms with Gasteiger partial charge in [0.05, 0.1) is 6.04 Å². The van der Waals surface area contributed by atoms with E-state index >= 15 is 0 Å². The number of carbonyl (C=O) groups excluding carboxylic acids is 2. The minimum Gasteiger partial charge on any atom is -0.346 e. The van der Waals surface area contributed by atoms with E-state index in [1.54, 1.807) is 0 Å². The van der Waals surface area contributed by atoms with E-state index in [1.165, 1.54) is 5.57 Å². The van der Waals surface area contributed by atoms with Crippen LogP contribution in [0.25, 0.3) is 0 Å². The highest BCUT2D eigenvalue weighted by Gasteiger charge is 2.25. The Morgan fingerprint density at radius 2 is 1.89 bits per heavy atom. The molecule has 0 saturated carbocycles. The van der Waals surface area contributed by atoms with Gasteiger partial charge >= 0.3 is 0 Å². The van der Waals surface area contributed by atoms with Crippen LogP contribution in [0.3, 0.4) is 0 Å². The number of rotatable bonds is 6. The summed E-state index contributed by atoms with van der Waals surface area (Å²) >= 11 is 0. The normalized spacial score (nSPS) is 16.0. The molecule has 0 aromatic rings. The van der Waals surface area contributed by atoms with E-state index in [0.29, 0.717) is 6.42 Å². The molecular formula is C15H23NO2. The summed E-state index contributed by atoms with van der Waals surface area (Å²) in [4.78, 5) is 23.9. The molecule has 3 nitrogen and oxygen atoms in total. The zero-order valence-electron chi connectivity index (χ0n) is 11.7. The van der Waals surface area contributed by atoms with Gasteiger partial charge in [-0.05, 0) is 12.8 Å². The smallest absolute Gasteiger partial charge is 0.223 e. The molecule has 0 radical (unpaired) electrons. The van der Waals surface area contributed by atoms with Crippen molar-refractivity contribution in [1.29, 1.82) is 0 Å². The molecule has 0 unspecified atom stereocenters. The summed E-state index contributed by atoms with van der Waals surface area (Å²) in [6.45, 7) is 7.42. The highest BCUT2D eigenvalue weighted by atomic mass is 16.2. The van der Waals surface area contributed by atoms with Crippen LogP contribution in [0.4, 0.5) is 0 Å². The molecule has 0 spiro atoms. The molecule has 18 heavy (non-hydrogen) atoms. The van der Waals surface area contributed by atoms with Crippen LogP contribution in [0.5, 0.6) is 0 Å². The van der Waals surface area contributed by atoms with Crippen LogP contribution in [0.2, 0.25) is 0 Å². The lowest BCUT2D eigenvalue weighted by Crippen LogP contribution is -2.44. The van der Waals surface area contributed by atoms with Gasteiger partial charge in [0.2, 0.25) is 5.91 Å². The van der Waals surface area contributed by atoms with E-state index in [9.17, 15) is 9.59 Å². The average molecular weight is 249 g/mol. The van der Waals surface area contributed by atoms with Crippen molar-refractivity contribution in [1.82, 2.24) is 5.32 Å². The lowest BCUT2D eigenvalue weighted by molar-refractivity contribution is -0.130. The minimum absolute atomic E-state index is 0.0550. The molecule has 3 heteroatoms. The topological polar surface area (TPSA) is 46.2 Å². The van der Waals surface area contributed by atoms with Gasteiger partial charge in [-0.2, -0.15) is 0 Å².